The summed E-state index contributed by atoms with van der Waals surface area (Å²) in [5, 5.41) is 7.71. The summed E-state index contributed by atoms with van der Waals surface area (Å²) in [6.45, 7) is 2.79. The molecule has 1 amide bonds. The minimum Gasteiger partial charge on any atom is -0.480 e. The van der Waals surface area contributed by atoms with Gasteiger partial charge in [-0.1, -0.05) is 23.7 Å². The first kappa shape index (κ1) is 18.4. The minimum absolute atomic E-state index is 0.361. The van der Waals surface area contributed by atoms with Gasteiger partial charge in [-0.15, -0.1) is 0 Å². The zero-order chi connectivity index (χ0) is 17.1. The summed E-state index contributed by atoms with van der Waals surface area (Å²) in [6, 6.07) is 6.47. The van der Waals surface area contributed by atoms with Crippen molar-refractivity contribution in [3.8, 4) is 0 Å². The lowest BCUT2D eigenvalue weighted by Crippen LogP contribution is -2.39. The fourth-order valence-corrected chi connectivity index (χ4v) is 2.96. The molecule has 22 heavy (non-hydrogen) atoms. The molecule has 0 aromatic heterocycles. The van der Waals surface area contributed by atoms with Crippen molar-refractivity contribution in [2.75, 3.05) is 12.8 Å². The van der Waals surface area contributed by atoms with E-state index < -0.39 is 32.7 Å². The molecule has 0 heterocycles. The van der Waals surface area contributed by atoms with Crippen LogP contribution < -0.4 is 0 Å². The maximum atomic E-state index is 12.1. The largest absolute Gasteiger partial charge is 0.480 e. The third-order valence-electron chi connectivity index (χ3n) is 3.54. The summed E-state index contributed by atoms with van der Waals surface area (Å²) in [7, 11) is -2.56. The molecule has 0 saturated heterocycles. The van der Waals surface area contributed by atoms with Crippen molar-refractivity contribution < 1.29 is 23.1 Å². The van der Waals surface area contributed by atoms with E-state index >= 15 is 0 Å². The number of halogens is 1. The summed E-state index contributed by atoms with van der Waals surface area (Å²) in [5.74, 6) is -2.97. The third-order valence-corrected chi connectivity index (χ3v) is 5.72. The number of carboxylic acid groups (broad SMARTS) is 1. The van der Waals surface area contributed by atoms with Crippen molar-refractivity contribution in [1.29, 1.82) is 0 Å². The topological polar surface area (TPSA) is 91.8 Å². The van der Waals surface area contributed by atoms with Crippen LogP contribution in [0, 0.1) is 0 Å². The summed E-state index contributed by atoms with van der Waals surface area (Å²) < 4.78 is 23.7. The van der Waals surface area contributed by atoms with Crippen molar-refractivity contribution in [1.82, 2.24) is 4.90 Å². The van der Waals surface area contributed by atoms with Gasteiger partial charge in [-0.05, 0) is 31.5 Å². The molecule has 122 valence electrons. The highest BCUT2D eigenvalue weighted by Gasteiger charge is 2.32. The predicted molar refractivity (Wildman–Crippen MR) is 83.5 cm³/mol. The smallest absolute Gasteiger partial charge is 0.321 e. The van der Waals surface area contributed by atoms with E-state index in [1.807, 2.05) is 0 Å². The Morgan fingerprint density at radius 1 is 1.23 bits per heavy atom. The normalized spacial score (nSPS) is 14.2. The predicted octanol–water partition coefficient (Wildman–Crippen LogP) is 1.75. The summed E-state index contributed by atoms with van der Waals surface area (Å²) in [4.78, 5) is 24.1. The van der Waals surface area contributed by atoms with Crippen molar-refractivity contribution in [3.05, 3.63) is 34.9 Å². The highest BCUT2D eigenvalue weighted by Crippen LogP contribution is 2.21. The molecular weight excluding hydrogens is 330 g/mol. The maximum Gasteiger partial charge on any atom is 0.321 e. The first-order chi connectivity index (χ1) is 10.1. The van der Waals surface area contributed by atoms with Gasteiger partial charge < -0.3 is 10.0 Å². The van der Waals surface area contributed by atoms with Crippen LogP contribution in [0.3, 0.4) is 0 Å². The zero-order valence-corrected chi connectivity index (χ0v) is 14.1. The number of carboxylic acids is 1. The van der Waals surface area contributed by atoms with E-state index in [2.05, 4.69) is 0 Å². The molecule has 0 radical (unpaired) electrons. The molecular formula is C14H18ClNO5S. The first-order valence-electron chi connectivity index (χ1n) is 6.51. The summed E-state index contributed by atoms with van der Waals surface area (Å²) >= 11 is 5.79. The molecule has 1 N–H and O–H groups in total. The lowest BCUT2D eigenvalue weighted by molar-refractivity contribution is -0.136. The average molecular weight is 348 g/mol. The lowest BCUT2D eigenvalue weighted by Gasteiger charge is -2.25. The molecule has 2 atom stereocenters. The van der Waals surface area contributed by atoms with Crippen LogP contribution in [0.5, 0.6) is 0 Å². The Hall–Kier alpha value is -1.60. The molecule has 1 aromatic rings. The van der Waals surface area contributed by atoms with Gasteiger partial charge in [0.1, 0.15) is 5.75 Å². The summed E-state index contributed by atoms with van der Waals surface area (Å²) in [6.07, 6.45) is 0. The van der Waals surface area contributed by atoms with Gasteiger partial charge in [0.25, 0.3) is 0 Å². The number of nitrogens with zero attached hydrogens (tertiary/aromatic N) is 1. The van der Waals surface area contributed by atoms with E-state index in [4.69, 9.17) is 16.7 Å². The monoisotopic (exact) mass is 347 g/mol. The molecule has 0 bridgehead atoms. The molecule has 1 rings (SSSR count). The van der Waals surface area contributed by atoms with Crippen LogP contribution in [-0.2, 0) is 19.4 Å². The Labute approximate surface area is 134 Å². The first-order valence-corrected chi connectivity index (χ1v) is 8.61. The van der Waals surface area contributed by atoms with E-state index in [1.54, 1.807) is 31.2 Å². The Balaban J connectivity index is 2.85. The van der Waals surface area contributed by atoms with E-state index in [9.17, 15) is 18.0 Å². The number of hydrogen-bond donors (Lipinski definition) is 1. The fourth-order valence-electron chi connectivity index (χ4n) is 1.73. The van der Waals surface area contributed by atoms with Gasteiger partial charge in [0.05, 0.1) is 6.04 Å². The van der Waals surface area contributed by atoms with Crippen molar-refractivity contribution >= 4 is 33.3 Å². The highest BCUT2D eigenvalue weighted by molar-refractivity contribution is 7.93. The van der Waals surface area contributed by atoms with Gasteiger partial charge in [-0.25, -0.2) is 8.42 Å². The average Bonchev–Trinajstić information content (AvgIpc) is 2.45. The third kappa shape index (κ3) is 4.45. The second-order valence-electron chi connectivity index (χ2n) is 5.02. The number of hydrogen-bond acceptors (Lipinski definition) is 4. The van der Waals surface area contributed by atoms with E-state index in [-0.39, 0.29) is 6.04 Å². The van der Waals surface area contributed by atoms with Crippen molar-refractivity contribution in [2.24, 2.45) is 0 Å². The highest BCUT2D eigenvalue weighted by atomic mass is 35.5. The van der Waals surface area contributed by atoms with E-state index in [0.717, 1.165) is 12.5 Å². The van der Waals surface area contributed by atoms with Gasteiger partial charge in [0.15, 0.2) is 15.1 Å². The number of rotatable bonds is 6. The van der Waals surface area contributed by atoms with E-state index in [1.165, 1.54) is 11.9 Å². The Morgan fingerprint density at radius 2 is 1.73 bits per heavy atom. The molecule has 0 aliphatic carbocycles. The van der Waals surface area contributed by atoms with Crippen LogP contribution in [0.4, 0.5) is 0 Å². The number of carbonyl (C=O) groups is 2. The van der Waals surface area contributed by atoms with Crippen LogP contribution in [0.1, 0.15) is 25.5 Å². The number of amides is 1. The molecule has 0 unspecified atom stereocenters. The zero-order valence-electron chi connectivity index (χ0n) is 12.5. The van der Waals surface area contributed by atoms with Gasteiger partial charge in [0.2, 0.25) is 5.91 Å². The minimum atomic E-state index is -4.04. The van der Waals surface area contributed by atoms with Gasteiger partial charge in [-0.3, -0.25) is 9.59 Å². The molecule has 0 saturated carbocycles. The quantitative estimate of drug-likeness (QED) is 0.846. The van der Waals surface area contributed by atoms with Crippen LogP contribution in [0.15, 0.2) is 24.3 Å². The van der Waals surface area contributed by atoms with Crippen molar-refractivity contribution in [3.63, 3.8) is 0 Å². The van der Waals surface area contributed by atoms with Crippen molar-refractivity contribution in [2.45, 2.75) is 25.1 Å². The van der Waals surface area contributed by atoms with Gasteiger partial charge >= 0.3 is 5.97 Å². The van der Waals surface area contributed by atoms with Gasteiger partial charge in [0, 0.05) is 12.1 Å². The molecule has 6 nitrogen and oxygen atoms in total. The van der Waals surface area contributed by atoms with Crippen LogP contribution in [0.25, 0.3) is 0 Å². The Morgan fingerprint density at radius 3 is 2.18 bits per heavy atom. The Bertz CT molecular complexity index is 656. The van der Waals surface area contributed by atoms with Crippen LogP contribution in [0.2, 0.25) is 5.02 Å². The van der Waals surface area contributed by atoms with E-state index in [0.29, 0.717) is 5.02 Å². The van der Waals surface area contributed by atoms with Gasteiger partial charge in [-0.2, -0.15) is 0 Å². The number of sulfone groups is 1. The molecule has 1 aromatic carbocycles. The molecule has 0 aliphatic rings. The molecule has 8 heteroatoms. The number of carbonyl (C=O) groups excluding carboxylic acids is 1. The molecule has 0 aliphatic heterocycles. The molecule has 0 fully saturated rings. The Kier molecular flexibility index (Phi) is 5.96. The number of benzene rings is 1. The summed E-state index contributed by atoms with van der Waals surface area (Å²) in [5.41, 5.74) is 0.795. The fraction of sp³-hybridized carbons (Fsp3) is 0.429. The lowest BCUT2D eigenvalue weighted by atomic mass is 10.1. The molecule has 0 spiro atoms. The second kappa shape index (κ2) is 7.11. The maximum absolute atomic E-state index is 12.1. The van der Waals surface area contributed by atoms with Crippen LogP contribution in [-0.4, -0.2) is 48.4 Å². The van der Waals surface area contributed by atoms with Crippen LogP contribution >= 0.6 is 11.6 Å². The second-order valence-corrected chi connectivity index (χ2v) is 7.78. The standard InChI is InChI=1S/C14H18ClNO5S/c1-9(11-4-6-12(15)7-5-11)16(3)13(17)8-22(20,21)10(2)14(18)19/h4-7,9-10H,8H2,1-3H3,(H,18,19)/t9-,10+/m1/s1. The SMILES string of the molecule is C[C@H](c1ccc(Cl)cc1)N(C)C(=O)CS(=O)(=O)[C@@H](C)C(=O)O. The number of aliphatic carboxylic acids is 1.